The Bertz CT molecular complexity index is 483. The molecule has 1 aromatic rings. The zero-order valence-corrected chi connectivity index (χ0v) is 12.5. The van der Waals surface area contributed by atoms with Crippen LogP contribution in [0.2, 0.25) is 0 Å². The van der Waals surface area contributed by atoms with Crippen LogP contribution < -0.4 is 15.2 Å². The van der Waals surface area contributed by atoms with Crippen molar-refractivity contribution in [2.75, 3.05) is 6.54 Å². The number of rotatable bonds is 7. The van der Waals surface area contributed by atoms with E-state index in [1.807, 2.05) is 45.0 Å². The van der Waals surface area contributed by atoms with E-state index in [9.17, 15) is 8.42 Å². The molecule has 0 fully saturated rings. The number of hydrogen-bond acceptors (Lipinski definition) is 3. The molecule has 1 atom stereocenters. The van der Waals surface area contributed by atoms with Gasteiger partial charge in [0.25, 0.3) is 10.2 Å². The first-order valence-electron chi connectivity index (χ1n) is 6.40. The summed E-state index contributed by atoms with van der Waals surface area (Å²) in [6, 6.07) is 7.30. The van der Waals surface area contributed by atoms with E-state index in [1.165, 1.54) is 0 Å². The SMILES string of the molecule is CC(C)CNS(=O)(=O)NC(C)c1ccc(CN)cc1. The molecule has 108 valence electrons. The van der Waals surface area contributed by atoms with E-state index in [1.54, 1.807) is 0 Å². The van der Waals surface area contributed by atoms with E-state index >= 15 is 0 Å². The highest BCUT2D eigenvalue weighted by Gasteiger charge is 2.15. The van der Waals surface area contributed by atoms with Gasteiger partial charge >= 0.3 is 0 Å². The van der Waals surface area contributed by atoms with Crippen LogP contribution in [0.4, 0.5) is 0 Å². The standard InChI is InChI=1S/C13H23N3O2S/c1-10(2)9-15-19(17,18)16-11(3)13-6-4-12(8-14)5-7-13/h4-7,10-11,15-16H,8-9,14H2,1-3H3. The van der Waals surface area contributed by atoms with Gasteiger partial charge in [-0.25, -0.2) is 4.72 Å². The van der Waals surface area contributed by atoms with Crippen molar-refractivity contribution in [3.05, 3.63) is 35.4 Å². The number of nitrogens with two attached hydrogens (primary N) is 1. The molecule has 5 nitrogen and oxygen atoms in total. The van der Waals surface area contributed by atoms with Crippen molar-refractivity contribution in [2.45, 2.75) is 33.4 Å². The summed E-state index contributed by atoms with van der Waals surface area (Å²) in [6.45, 7) is 6.63. The van der Waals surface area contributed by atoms with Gasteiger partial charge in [0.05, 0.1) is 0 Å². The van der Waals surface area contributed by atoms with Crippen molar-refractivity contribution in [3.8, 4) is 0 Å². The molecule has 1 rings (SSSR count). The van der Waals surface area contributed by atoms with Gasteiger partial charge < -0.3 is 5.73 Å². The van der Waals surface area contributed by atoms with E-state index in [-0.39, 0.29) is 12.0 Å². The van der Waals surface area contributed by atoms with Crippen LogP contribution in [0.5, 0.6) is 0 Å². The Kier molecular flexibility index (Phi) is 5.93. The van der Waals surface area contributed by atoms with Gasteiger partial charge in [-0.2, -0.15) is 13.1 Å². The van der Waals surface area contributed by atoms with Crippen LogP contribution in [-0.4, -0.2) is 15.0 Å². The molecular formula is C13H23N3O2S. The summed E-state index contributed by atoms with van der Waals surface area (Å²) in [5, 5.41) is 0. The molecule has 0 bridgehead atoms. The minimum Gasteiger partial charge on any atom is -0.326 e. The molecule has 0 saturated heterocycles. The smallest absolute Gasteiger partial charge is 0.277 e. The average Bonchev–Trinajstić information content (AvgIpc) is 2.36. The summed E-state index contributed by atoms with van der Waals surface area (Å²) in [5.41, 5.74) is 7.46. The Morgan fingerprint density at radius 1 is 1.16 bits per heavy atom. The predicted octanol–water partition coefficient (Wildman–Crippen LogP) is 1.29. The Labute approximate surface area is 115 Å². The first kappa shape index (κ1) is 16.1. The molecule has 0 heterocycles. The normalized spacial score (nSPS) is 13.7. The van der Waals surface area contributed by atoms with Crippen molar-refractivity contribution in [1.82, 2.24) is 9.44 Å². The lowest BCUT2D eigenvalue weighted by Gasteiger charge is -2.16. The minimum absolute atomic E-state index is 0.274. The van der Waals surface area contributed by atoms with Gasteiger partial charge in [-0.3, -0.25) is 0 Å². The molecule has 1 unspecified atom stereocenters. The highest BCUT2D eigenvalue weighted by atomic mass is 32.2. The number of hydrogen-bond donors (Lipinski definition) is 3. The van der Waals surface area contributed by atoms with Gasteiger partial charge in [-0.15, -0.1) is 0 Å². The van der Waals surface area contributed by atoms with Crippen LogP contribution in [0.1, 0.15) is 37.9 Å². The Hall–Kier alpha value is -0.950. The molecule has 0 aliphatic heterocycles. The van der Waals surface area contributed by atoms with Gasteiger partial charge in [0.2, 0.25) is 0 Å². The minimum atomic E-state index is -3.46. The van der Waals surface area contributed by atoms with Crippen LogP contribution in [-0.2, 0) is 16.8 Å². The lowest BCUT2D eigenvalue weighted by Crippen LogP contribution is -2.39. The monoisotopic (exact) mass is 285 g/mol. The zero-order valence-electron chi connectivity index (χ0n) is 11.7. The molecule has 4 N–H and O–H groups in total. The van der Waals surface area contributed by atoms with Crippen molar-refractivity contribution in [3.63, 3.8) is 0 Å². The van der Waals surface area contributed by atoms with Crippen molar-refractivity contribution in [1.29, 1.82) is 0 Å². The van der Waals surface area contributed by atoms with Gasteiger partial charge in [0.1, 0.15) is 0 Å². The van der Waals surface area contributed by atoms with E-state index in [4.69, 9.17) is 5.73 Å². The van der Waals surface area contributed by atoms with Crippen molar-refractivity contribution in [2.24, 2.45) is 11.7 Å². The molecule has 0 aliphatic carbocycles. The molecule has 1 aromatic carbocycles. The van der Waals surface area contributed by atoms with Crippen molar-refractivity contribution >= 4 is 10.2 Å². The molecule has 0 spiro atoms. The van der Waals surface area contributed by atoms with Gasteiger partial charge in [-0.05, 0) is 24.0 Å². The fourth-order valence-electron chi connectivity index (χ4n) is 1.56. The Morgan fingerprint density at radius 3 is 2.21 bits per heavy atom. The first-order valence-corrected chi connectivity index (χ1v) is 7.88. The first-order chi connectivity index (χ1) is 8.84. The molecule has 6 heteroatoms. The largest absolute Gasteiger partial charge is 0.326 e. The lowest BCUT2D eigenvalue weighted by molar-refractivity contribution is 0.536. The summed E-state index contributed by atoms with van der Waals surface area (Å²) < 4.78 is 28.7. The maximum atomic E-state index is 11.8. The summed E-state index contributed by atoms with van der Waals surface area (Å²) in [7, 11) is -3.46. The topological polar surface area (TPSA) is 84.2 Å². The van der Waals surface area contributed by atoms with Gasteiger partial charge in [0, 0.05) is 19.1 Å². The molecule has 19 heavy (non-hydrogen) atoms. The zero-order chi connectivity index (χ0) is 14.5. The molecule has 0 aliphatic rings. The molecule has 0 aromatic heterocycles. The lowest BCUT2D eigenvalue weighted by atomic mass is 10.1. The highest BCUT2D eigenvalue weighted by molar-refractivity contribution is 7.87. The molecule has 0 radical (unpaired) electrons. The van der Waals surface area contributed by atoms with Crippen LogP contribution in [0.15, 0.2) is 24.3 Å². The summed E-state index contributed by atoms with van der Waals surface area (Å²) in [6.07, 6.45) is 0. The fourth-order valence-corrected chi connectivity index (χ4v) is 2.80. The summed E-state index contributed by atoms with van der Waals surface area (Å²) in [4.78, 5) is 0. The second-order valence-electron chi connectivity index (χ2n) is 5.03. The van der Waals surface area contributed by atoms with E-state index in [2.05, 4.69) is 9.44 Å². The Balaban J connectivity index is 2.64. The highest BCUT2D eigenvalue weighted by Crippen LogP contribution is 2.13. The third-order valence-electron chi connectivity index (χ3n) is 2.73. The molecule has 0 amide bonds. The van der Waals surface area contributed by atoms with Crippen LogP contribution in [0, 0.1) is 5.92 Å². The van der Waals surface area contributed by atoms with E-state index in [0.717, 1.165) is 11.1 Å². The van der Waals surface area contributed by atoms with Gasteiger partial charge in [0.15, 0.2) is 0 Å². The van der Waals surface area contributed by atoms with Gasteiger partial charge in [-0.1, -0.05) is 38.1 Å². The molecular weight excluding hydrogens is 262 g/mol. The number of nitrogens with one attached hydrogen (secondary N) is 2. The van der Waals surface area contributed by atoms with Crippen molar-refractivity contribution < 1.29 is 8.42 Å². The fraction of sp³-hybridized carbons (Fsp3) is 0.538. The third kappa shape index (κ3) is 5.69. The second-order valence-corrected chi connectivity index (χ2v) is 6.56. The van der Waals surface area contributed by atoms with Crippen LogP contribution in [0.3, 0.4) is 0 Å². The maximum absolute atomic E-state index is 11.8. The Morgan fingerprint density at radius 2 is 1.74 bits per heavy atom. The summed E-state index contributed by atoms with van der Waals surface area (Å²) >= 11 is 0. The summed E-state index contributed by atoms with van der Waals surface area (Å²) in [5.74, 6) is 0.274. The predicted molar refractivity (Wildman–Crippen MR) is 77.6 cm³/mol. The molecule has 0 saturated carbocycles. The van der Waals surface area contributed by atoms with Crippen LogP contribution in [0.25, 0.3) is 0 Å². The van der Waals surface area contributed by atoms with E-state index in [0.29, 0.717) is 13.1 Å². The maximum Gasteiger partial charge on any atom is 0.277 e. The third-order valence-corrected chi connectivity index (χ3v) is 3.94. The number of benzene rings is 1. The van der Waals surface area contributed by atoms with E-state index < -0.39 is 10.2 Å². The van der Waals surface area contributed by atoms with Crippen LogP contribution >= 0.6 is 0 Å². The second kappa shape index (κ2) is 7.00. The quantitative estimate of drug-likeness (QED) is 0.705. The average molecular weight is 285 g/mol.